The Kier molecular flexibility index (Phi) is 11.6. The summed E-state index contributed by atoms with van der Waals surface area (Å²) in [6.07, 6.45) is 11.4. The molecule has 0 saturated heterocycles. The molecular weight excluding hydrogens is 584 g/mol. The van der Waals surface area contributed by atoms with Crippen LogP contribution >= 0.6 is 0 Å². The first-order valence-electron chi connectivity index (χ1n) is 15.6. The molecule has 2 aliphatic rings. The van der Waals surface area contributed by atoms with Gasteiger partial charge in [0.25, 0.3) is 0 Å². The van der Waals surface area contributed by atoms with Crippen molar-refractivity contribution in [3.63, 3.8) is 0 Å². The van der Waals surface area contributed by atoms with Gasteiger partial charge in [0.2, 0.25) is 0 Å². The first-order chi connectivity index (χ1) is 19.5. The van der Waals surface area contributed by atoms with Crippen molar-refractivity contribution in [3.05, 3.63) is 118 Å². The van der Waals surface area contributed by atoms with Crippen molar-refractivity contribution in [2.24, 2.45) is 11.3 Å². The van der Waals surface area contributed by atoms with Gasteiger partial charge in [-0.05, 0) is 28.4 Å². The molecule has 3 aromatic rings. The molecular formula is C41H52Zr. The first kappa shape index (κ1) is 34.4. The van der Waals surface area contributed by atoms with Crippen LogP contribution in [0.5, 0.6) is 0 Å². The summed E-state index contributed by atoms with van der Waals surface area (Å²) in [6.45, 7) is 24.8. The van der Waals surface area contributed by atoms with E-state index in [9.17, 15) is 0 Å². The Morgan fingerprint density at radius 2 is 1.45 bits per heavy atom. The zero-order valence-corrected chi connectivity index (χ0v) is 30.6. The average molecular weight is 636 g/mol. The van der Waals surface area contributed by atoms with Gasteiger partial charge in [0.05, 0.1) is 0 Å². The van der Waals surface area contributed by atoms with Gasteiger partial charge < -0.3 is 0 Å². The van der Waals surface area contributed by atoms with Crippen molar-refractivity contribution in [2.75, 3.05) is 0 Å². The standard InChI is InChI=1S/C21H25.C12H19.C8H8.Zr/c1-20(2,3)16-7-9-18-14(12-16)11-15-13-17(21(4,5)6)8-10-19(15)18;1-5-6-10-7-8-11(9-10)12(2,3)4;1-2-8-6-4-3-5-7-8;/h7-10,12H,11H2,1-6H3;8-10H,5-6H2,1-4H3;3-7H,1H3;/q2*-1;;+2. The van der Waals surface area contributed by atoms with Crippen molar-refractivity contribution in [2.45, 2.75) is 106 Å². The molecule has 0 saturated carbocycles. The molecule has 1 heteroatoms. The normalized spacial score (nSPS) is 15.5. The molecule has 0 aromatic heterocycles. The molecule has 0 bridgehead atoms. The maximum atomic E-state index is 3.67. The van der Waals surface area contributed by atoms with E-state index in [0.717, 1.165) is 6.42 Å². The van der Waals surface area contributed by atoms with Crippen LogP contribution in [-0.2, 0) is 41.5 Å². The minimum absolute atomic E-state index is 0.167. The fourth-order valence-corrected chi connectivity index (χ4v) is 5.58. The summed E-state index contributed by atoms with van der Waals surface area (Å²) in [4.78, 5) is 0. The Labute approximate surface area is 273 Å². The van der Waals surface area contributed by atoms with Gasteiger partial charge in [-0.2, -0.15) is 35.4 Å². The Balaban J connectivity index is 0.000000194. The van der Waals surface area contributed by atoms with E-state index < -0.39 is 0 Å². The molecule has 0 radical (unpaired) electrons. The summed E-state index contributed by atoms with van der Waals surface area (Å²) >= 11 is 1.51. The second-order valence-corrected chi connectivity index (χ2v) is 16.7. The predicted octanol–water partition coefficient (Wildman–Crippen LogP) is 11.2. The fraction of sp³-hybridized carbons (Fsp3) is 0.439. The zero-order chi connectivity index (χ0) is 31.3. The van der Waals surface area contributed by atoms with E-state index in [1.165, 1.54) is 84.8 Å². The number of benzene rings is 3. The maximum absolute atomic E-state index is 3.67. The monoisotopic (exact) mass is 634 g/mol. The van der Waals surface area contributed by atoms with E-state index >= 15 is 0 Å². The molecule has 3 aromatic carbocycles. The molecule has 0 N–H and O–H groups in total. The van der Waals surface area contributed by atoms with Gasteiger partial charge in [-0.1, -0.05) is 117 Å². The van der Waals surface area contributed by atoms with Crippen LogP contribution in [0.2, 0.25) is 0 Å². The third-order valence-corrected chi connectivity index (χ3v) is 8.68. The molecule has 0 amide bonds. The number of hydrogen-bond acceptors (Lipinski definition) is 0. The van der Waals surface area contributed by atoms with Crippen LogP contribution in [0.4, 0.5) is 0 Å². The van der Waals surface area contributed by atoms with E-state index in [0.29, 0.717) is 11.3 Å². The van der Waals surface area contributed by atoms with Crippen LogP contribution in [0.3, 0.4) is 0 Å². The molecule has 0 fully saturated rings. The molecule has 0 heterocycles. The zero-order valence-electron chi connectivity index (χ0n) is 28.1. The number of hydrogen-bond donors (Lipinski definition) is 0. The Hall–Kier alpha value is -2.11. The van der Waals surface area contributed by atoms with E-state index in [-0.39, 0.29) is 10.8 Å². The van der Waals surface area contributed by atoms with Gasteiger partial charge in [0.15, 0.2) is 0 Å². The van der Waals surface area contributed by atoms with Crippen LogP contribution in [0.15, 0.2) is 78.4 Å². The van der Waals surface area contributed by atoms with Crippen LogP contribution < -0.4 is 0 Å². The second-order valence-electron chi connectivity index (χ2n) is 14.9. The van der Waals surface area contributed by atoms with Gasteiger partial charge in [-0.15, -0.1) is 11.1 Å². The van der Waals surface area contributed by atoms with Crippen molar-refractivity contribution in [3.8, 4) is 11.1 Å². The van der Waals surface area contributed by atoms with Crippen LogP contribution in [0.25, 0.3) is 11.1 Å². The Morgan fingerprint density at radius 1 is 0.810 bits per heavy atom. The number of rotatable bonds is 3. The first-order valence-corrected chi connectivity index (χ1v) is 16.8. The molecule has 0 nitrogen and oxygen atoms in total. The van der Waals surface area contributed by atoms with Gasteiger partial charge in [0, 0.05) is 0 Å². The molecule has 5 rings (SSSR count). The molecule has 220 valence electrons. The molecule has 1 unspecified atom stereocenters. The molecule has 1 atom stereocenters. The van der Waals surface area contributed by atoms with Gasteiger partial charge >= 0.3 is 70.3 Å². The van der Waals surface area contributed by atoms with Crippen LogP contribution in [-0.4, -0.2) is 3.21 Å². The van der Waals surface area contributed by atoms with Gasteiger partial charge in [-0.25, -0.2) is 6.08 Å². The summed E-state index contributed by atoms with van der Waals surface area (Å²) in [5, 5.41) is 0. The molecule has 42 heavy (non-hydrogen) atoms. The van der Waals surface area contributed by atoms with Gasteiger partial charge in [-0.3, -0.25) is 6.08 Å². The number of fused-ring (bicyclic) bond motifs is 3. The van der Waals surface area contributed by atoms with Crippen molar-refractivity contribution >= 4 is 3.21 Å². The van der Waals surface area contributed by atoms with Crippen molar-refractivity contribution < 1.29 is 24.2 Å². The van der Waals surface area contributed by atoms with Crippen molar-refractivity contribution in [1.29, 1.82) is 0 Å². The van der Waals surface area contributed by atoms with E-state index in [2.05, 4.69) is 155 Å². The Morgan fingerprint density at radius 3 is 1.95 bits per heavy atom. The average Bonchev–Trinajstić information content (AvgIpc) is 3.53. The van der Waals surface area contributed by atoms with E-state index in [4.69, 9.17) is 0 Å². The topological polar surface area (TPSA) is 0 Å². The fourth-order valence-electron chi connectivity index (χ4n) is 5.17. The summed E-state index contributed by atoms with van der Waals surface area (Å²) in [5.74, 6) is 0.587. The Bertz CT molecular complexity index is 1350. The van der Waals surface area contributed by atoms with Gasteiger partial charge in [0.1, 0.15) is 0 Å². The van der Waals surface area contributed by atoms with E-state index in [1.807, 2.05) is 6.07 Å². The third-order valence-electron chi connectivity index (χ3n) is 7.97. The minimum atomic E-state index is 0.167. The molecule has 2 aliphatic carbocycles. The summed E-state index contributed by atoms with van der Waals surface area (Å²) in [7, 11) is 0. The molecule has 0 aliphatic heterocycles. The van der Waals surface area contributed by atoms with Crippen molar-refractivity contribution in [1.82, 2.24) is 0 Å². The summed E-state index contributed by atoms with van der Waals surface area (Å²) in [6, 6.07) is 25.6. The SMILES string of the molecule is CC(C)(C)c1[c-]c2c(cc1)-c1ccc(C(C)(C)C)cc1C2.CCCC1[C-]=CC(C(C)(C)C)=C1.C[C](=[Zr+2])c1ccccc1. The second kappa shape index (κ2) is 14.1. The molecule has 0 spiro atoms. The quantitative estimate of drug-likeness (QED) is 0.197. The summed E-state index contributed by atoms with van der Waals surface area (Å²) in [5.41, 5.74) is 11.8. The predicted molar refractivity (Wildman–Crippen MR) is 181 cm³/mol. The third kappa shape index (κ3) is 9.45. The summed E-state index contributed by atoms with van der Waals surface area (Å²) < 4.78 is 1.46. The van der Waals surface area contributed by atoms with E-state index in [1.54, 1.807) is 0 Å². The van der Waals surface area contributed by atoms with Crippen LogP contribution in [0, 0.1) is 23.5 Å². The number of allylic oxidation sites excluding steroid dienone is 4. The van der Waals surface area contributed by atoms with Crippen LogP contribution in [0.1, 0.15) is 117 Å².